The number of phenols is 1. The van der Waals surface area contributed by atoms with Crippen LogP contribution in [0.5, 0.6) is 11.5 Å². The van der Waals surface area contributed by atoms with Crippen LogP contribution in [0, 0.1) is 17.0 Å². The molecule has 0 fully saturated rings. The minimum absolute atomic E-state index is 0.0218. The summed E-state index contributed by atoms with van der Waals surface area (Å²) in [4.78, 5) is 15.3. The Bertz CT molecular complexity index is 1840. The number of aromatic hydroxyl groups is 1. The molecular formula is C35H29F5N2O4. The number of alkyl halides is 3. The van der Waals surface area contributed by atoms with Crippen molar-refractivity contribution in [1.29, 1.82) is 0 Å². The van der Waals surface area contributed by atoms with E-state index in [1.165, 1.54) is 30.3 Å². The highest BCUT2D eigenvalue weighted by molar-refractivity contribution is 6.09. The predicted molar refractivity (Wildman–Crippen MR) is 161 cm³/mol. The minimum atomic E-state index is -5.08. The monoisotopic (exact) mass is 636 g/mol. The molecule has 2 aliphatic rings. The van der Waals surface area contributed by atoms with Crippen molar-refractivity contribution < 1.29 is 41.3 Å². The Morgan fingerprint density at radius 2 is 1.76 bits per heavy atom. The van der Waals surface area contributed by atoms with Gasteiger partial charge in [0.1, 0.15) is 47.2 Å². The van der Waals surface area contributed by atoms with Crippen molar-refractivity contribution in [2.24, 2.45) is 5.41 Å². The number of fused-ring (bicyclic) bond motifs is 1. The lowest BCUT2D eigenvalue weighted by Gasteiger charge is -2.38. The summed E-state index contributed by atoms with van der Waals surface area (Å²) in [5, 5.41) is 14.0. The summed E-state index contributed by atoms with van der Waals surface area (Å²) in [5.74, 6) is -3.78. The van der Waals surface area contributed by atoms with Crippen molar-refractivity contribution in [2.45, 2.75) is 39.1 Å². The number of anilines is 2. The summed E-state index contributed by atoms with van der Waals surface area (Å²) < 4.78 is 84.8. The van der Waals surface area contributed by atoms with Gasteiger partial charge in [0, 0.05) is 17.0 Å². The van der Waals surface area contributed by atoms with E-state index < -0.39 is 46.3 Å². The molecule has 6 nitrogen and oxygen atoms in total. The van der Waals surface area contributed by atoms with Crippen LogP contribution in [0.2, 0.25) is 0 Å². The Kier molecular flexibility index (Phi) is 7.87. The van der Waals surface area contributed by atoms with Crippen molar-refractivity contribution in [3.63, 3.8) is 0 Å². The number of phenolic OH excluding ortho intramolecular Hbond substituents is 1. The van der Waals surface area contributed by atoms with Crippen LogP contribution < -0.4 is 15.0 Å². The maximum Gasteiger partial charge on any atom is 0.419 e. The average Bonchev–Trinajstić information content (AvgIpc) is 3.14. The van der Waals surface area contributed by atoms with Crippen LogP contribution >= 0.6 is 0 Å². The Morgan fingerprint density at radius 1 is 1.02 bits per heavy atom. The number of benzene rings is 4. The molecule has 0 saturated carbocycles. The second-order valence-corrected chi connectivity index (χ2v) is 12.0. The first-order valence-corrected chi connectivity index (χ1v) is 14.4. The molecule has 2 aliphatic heterocycles. The lowest BCUT2D eigenvalue weighted by atomic mass is 9.85. The molecule has 1 atom stereocenters. The lowest BCUT2D eigenvalue weighted by molar-refractivity contribution is -0.140. The molecule has 6 rings (SSSR count). The Balaban J connectivity index is 1.53. The van der Waals surface area contributed by atoms with E-state index in [-0.39, 0.29) is 47.4 Å². The molecule has 0 bridgehead atoms. The van der Waals surface area contributed by atoms with Crippen LogP contribution in [0.25, 0.3) is 0 Å². The van der Waals surface area contributed by atoms with Crippen molar-refractivity contribution in [2.75, 3.05) is 16.8 Å². The molecule has 11 heteroatoms. The molecule has 0 spiro atoms. The number of nitrogens with zero attached hydrogens (tertiary/aromatic N) is 1. The van der Waals surface area contributed by atoms with E-state index in [4.69, 9.17) is 9.47 Å². The van der Waals surface area contributed by atoms with Crippen LogP contribution in [0.15, 0.2) is 96.4 Å². The first-order chi connectivity index (χ1) is 21.8. The van der Waals surface area contributed by atoms with E-state index >= 15 is 8.78 Å². The van der Waals surface area contributed by atoms with Crippen molar-refractivity contribution in [3.05, 3.63) is 130 Å². The van der Waals surface area contributed by atoms with Gasteiger partial charge < -0.3 is 19.9 Å². The number of ether oxygens (including phenoxy) is 2. The van der Waals surface area contributed by atoms with E-state index in [0.717, 1.165) is 28.7 Å². The van der Waals surface area contributed by atoms with Crippen molar-refractivity contribution in [3.8, 4) is 11.5 Å². The first kappa shape index (κ1) is 30.9. The van der Waals surface area contributed by atoms with Gasteiger partial charge in [-0.2, -0.15) is 13.2 Å². The highest BCUT2D eigenvalue weighted by atomic mass is 19.4. The van der Waals surface area contributed by atoms with E-state index in [0.29, 0.717) is 18.2 Å². The predicted octanol–water partition coefficient (Wildman–Crippen LogP) is 8.74. The summed E-state index contributed by atoms with van der Waals surface area (Å²) in [7, 11) is 0. The number of rotatable bonds is 5. The largest absolute Gasteiger partial charge is 0.506 e. The molecule has 4 aromatic rings. The first-order valence-electron chi connectivity index (χ1n) is 14.4. The summed E-state index contributed by atoms with van der Waals surface area (Å²) in [6, 6.07) is 18.5. The molecule has 46 heavy (non-hydrogen) atoms. The van der Waals surface area contributed by atoms with Gasteiger partial charge in [-0.3, -0.25) is 9.69 Å². The SMILES string of the molecule is CC1(C)COC2=C(C1)Nc1c(O)cccc1N(C(=O)c1cccc(C(F)(F)F)c1F)C2c1ccc(OCc2ccccc2)cc1F. The molecule has 1 amide bonds. The fourth-order valence-electron chi connectivity index (χ4n) is 5.70. The van der Waals surface area contributed by atoms with E-state index in [2.05, 4.69) is 5.32 Å². The third-order valence-corrected chi connectivity index (χ3v) is 7.90. The smallest absolute Gasteiger partial charge is 0.419 e. The number of allylic oxidation sites excluding steroid dienone is 1. The summed E-state index contributed by atoms with van der Waals surface area (Å²) in [6.45, 7) is 4.19. The molecule has 0 radical (unpaired) electrons. The van der Waals surface area contributed by atoms with Crippen molar-refractivity contribution >= 4 is 17.3 Å². The van der Waals surface area contributed by atoms with Gasteiger partial charge in [0.2, 0.25) is 0 Å². The molecule has 0 saturated heterocycles. The number of carbonyl (C=O) groups is 1. The minimum Gasteiger partial charge on any atom is -0.506 e. The standard InChI is InChI=1S/C35H29F5N2O4/c1-34(2)17-26-32(46-19-34)31(22-15-14-21(16-25(22)36)45-18-20-8-4-3-5-9-20)42(27-12-7-13-28(43)30(27)41-26)33(44)23-10-6-11-24(29(23)37)35(38,39)40/h3-16,31,41,43H,17-19H2,1-2H3. The van der Waals surface area contributed by atoms with Crippen LogP contribution in [0.1, 0.15) is 53.4 Å². The zero-order chi connectivity index (χ0) is 32.8. The molecule has 0 aromatic heterocycles. The van der Waals surface area contributed by atoms with Crippen LogP contribution in [-0.4, -0.2) is 17.6 Å². The van der Waals surface area contributed by atoms with Gasteiger partial charge in [0.15, 0.2) is 0 Å². The summed E-state index contributed by atoms with van der Waals surface area (Å²) in [6.07, 6.45) is -4.72. The number of hydrogen-bond acceptors (Lipinski definition) is 5. The van der Waals surface area contributed by atoms with E-state index in [9.17, 15) is 23.1 Å². The second kappa shape index (κ2) is 11.7. The zero-order valence-corrected chi connectivity index (χ0v) is 24.8. The van der Waals surface area contributed by atoms with Gasteiger partial charge >= 0.3 is 6.18 Å². The molecular weight excluding hydrogens is 607 g/mol. The summed E-state index contributed by atoms with van der Waals surface area (Å²) >= 11 is 0. The maximum absolute atomic E-state index is 16.2. The van der Waals surface area contributed by atoms with Crippen LogP contribution in [0.3, 0.4) is 0 Å². The van der Waals surface area contributed by atoms with Gasteiger partial charge in [-0.1, -0.05) is 56.3 Å². The molecule has 4 aromatic carbocycles. The normalized spacial score (nSPS) is 17.3. The van der Waals surface area contributed by atoms with Gasteiger partial charge in [-0.15, -0.1) is 0 Å². The second-order valence-electron chi connectivity index (χ2n) is 12.0. The third kappa shape index (κ3) is 5.84. The lowest BCUT2D eigenvalue weighted by Crippen LogP contribution is -2.39. The van der Waals surface area contributed by atoms with E-state index in [1.807, 2.05) is 44.2 Å². The zero-order valence-electron chi connectivity index (χ0n) is 24.8. The number of para-hydroxylation sites is 1. The van der Waals surface area contributed by atoms with Crippen molar-refractivity contribution in [1.82, 2.24) is 0 Å². The Morgan fingerprint density at radius 3 is 2.48 bits per heavy atom. The molecule has 1 unspecified atom stereocenters. The number of nitrogens with one attached hydrogen (secondary N) is 1. The topological polar surface area (TPSA) is 71.0 Å². The molecule has 0 aliphatic carbocycles. The van der Waals surface area contributed by atoms with Crippen LogP contribution in [0.4, 0.5) is 33.3 Å². The highest BCUT2D eigenvalue weighted by Crippen LogP contribution is 2.50. The highest BCUT2D eigenvalue weighted by Gasteiger charge is 2.44. The number of hydrogen-bond donors (Lipinski definition) is 2. The maximum atomic E-state index is 16.2. The van der Waals surface area contributed by atoms with Gasteiger partial charge in [0.25, 0.3) is 5.91 Å². The molecule has 2 heterocycles. The van der Waals surface area contributed by atoms with Crippen LogP contribution in [-0.2, 0) is 17.5 Å². The molecule has 238 valence electrons. The Hall–Kier alpha value is -5.06. The number of carbonyl (C=O) groups excluding carboxylic acids is 1. The third-order valence-electron chi connectivity index (χ3n) is 7.90. The number of amides is 1. The van der Waals surface area contributed by atoms with Gasteiger partial charge in [-0.05, 0) is 48.4 Å². The van der Waals surface area contributed by atoms with E-state index in [1.54, 1.807) is 0 Å². The summed E-state index contributed by atoms with van der Waals surface area (Å²) in [5.41, 5.74) is -1.73. The van der Waals surface area contributed by atoms with Gasteiger partial charge in [0.05, 0.1) is 29.1 Å². The van der Waals surface area contributed by atoms with Gasteiger partial charge in [-0.25, -0.2) is 8.78 Å². The number of halogens is 5. The Labute approximate surface area is 261 Å². The fraction of sp³-hybridized carbons (Fsp3) is 0.229. The quantitative estimate of drug-likeness (QED) is 0.169. The molecule has 2 N–H and O–H groups in total. The fourth-order valence-corrected chi connectivity index (χ4v) is 5.70. The average molecular weight is 637 g/mol.